The van der Waals surface area contributed by atoms with E-state index in [2.05, 4.69) is 5.32 Å². The van der Waals surface area contributed by atoms with Crippen LogP contribution in [0.3, 0.4) is 0 Å². The van der Waals surface area contributed by atoms with E-state index in [-0.39, 0.29) is 11.5 Å². The topological polar surface area (TPSA) is 75.6 Å². The second kappa shape index (κ2) is 5.76. The second-order valence-electron chi connectivity index (χ2n) is 5.72. The molecule has 1 aliphatic carbocycles. The van der Waals surface area contributed by atoms with Gasteiger partial charge in [-0.05, 0) is 30.5 Å². The minimum absolute atomic E-state index is 0.171. The molecule has 0 radical (unpaired) electrons. The van der Waals surface area contributed by atoms with Crippen LogP contribution in [-0.2, 0) is 16.4 Å². The number of aliphatic hydroxyl groups excluding tert-OH is 1. The van der Waals surface area contributed by atoms with E-state index in [9.17, 15) is 13.5 Å². The molecule has 2 fully saturated rings. The molecule has 0 amide bonds. The molecule has 0 bridgehead atoms. The van der Waals surface area contributed by atoms with E-state index in [1.54, 1.807) is 6.07 Å². The third kappa shape index (κ3) is 3.88. The molecule has 116 valence electrons. The minimum Gasteiger partial charge on any atom is -0.485 e. The normalized spacial score (nSPS) is 27.7. The fraction of sp³-hybridized carbons (Fsp3) is 0.571. The average Bonchev–Trinajstić information content (AvgIpc) is 3.17. The number of benzene rings is 1. The Morgan fingerprint density at radius 1 is 1.33 bits per heavy atom. The van der Waals surface area contributed by atoms with Crippen LogP contribution in [0.5, 0.6) is 5.75 Å². The van der Waals surface area contributed by atoms with Gasteiger partial charge in [0.05, 0.1) is 16.5 Å². The van der Waals surface area contributed by atoms with Gasteiger partial charge in [-0.25, -0.2) is 8.42 Å². The molecule has 21 heavy (non-hydrogen) atoms. The Balaban J connectivity index is 1.65. The molecule has 2 atom stereocenters. The van der Waals surface area contributed by atoms with Gasteiger partial charge in [-0.15, -0.1) is 0 Å². The Bertz CT molecular complexity index is 630. The second-order valence-corrected chi connectivity index (χ2v) is 8.28. The summed E-state index contributed by atoms with van der Waals surface area (Å²) in [5.41, 5.74) is 1.05. The molecule has 1 aliphatic heterocycles. The smallest absolute Gasteiger partial charge is 0.156 e. The van der Waals surface area contributed by atoms with Gasteiger partial charge in [-0.2, -0.15) is 0 Å². The predicted octanol–water partition coefficient (Wildman–Crippen LogP) is 1.13. The monoisotopic (exact) mass is 331 g/mol. The fourth-order valence-corrected chi connectivity index (χ4v) is 4.28. The summed E-state index contributed by atoms with van der Waals surface area (Å²) in [6.45, 7) is 0.755. The highest BCUT2D eigenvalue weighted by Crippen LogP contribution is 2.29. The van der Waals surface area contributed by atoms with E-state index in [1.807, 2.05) is 12.1 Å². The zero-order chi connectivity index (χ0) is 15.0. The number of nitrogens with one attached hydrogen (secondary N) is 1. The molecule has 2 aliphatic rings. The Morgan fingerprint density at radius 3 is 2.67 bits per heavy atom. The van der Waals surface area contributed by atoms with Crippen molar-refractivity contribution in [3.8, 4) is 5.75 Å². The van der Waals surface area contributed by atoms with Crippen LogP contribution in [0.1, 0.15) is 18.4 Å². The van der Waals surface area contributed by atoms with Crippen LogP contribution in [0, 0.1) is 0 Å². The molecule has 1 aromatic rings. The predicted molar refractivity (Wildman–Crippen MR) is 80.4 cm³/mol. The number of halogens is 1. The van der Waals surface area contributed by atoms with Gasteiger partial charge in [-0.1, -0.05) is 17.7 Å². The maximum atomic E-state index is 11.5. The molecule has 0 aromatic heterocycles. The third-order valence-corrected chi connectivity index (χ3v) is 5.70. The molecular weight excluding hydrogens is 314 g/mol. The molecular formula is C14H18ClNO4S. The van der Waals surface area contributed by atoms with Gasteiger partial charge in [-0.3, -0.25) is 0 Å². The van der Waals surface area contributed by atoms with Gasteiger partial charge < -0.3 is 15.2 Å². The number of rotatable bonds is 5. The summed E-state index contributed by atoms with van der Waals surface area (Å²) in [6.07, 6.45) is 0.705. The van der Waals surface area contributed by atoms with E-state index in [0.29, 0.717) is 16.8 Å². The summed E-state index contributed by atoms with van der Waals surface area (Å²) in [6, 6.07) is 6.05. The molecule has 1 saturated heterocycles. The van der Waals surface area contributed by atoms with Crippen molar-refractivity contribution in [1.82, 2.24) is 5.32 Å². The van der Waals surface area contributed by atoms with Crippen molar-refractivity contribution in [3.05, 3.63) is 28.8 Å². The Morgan fingerprint density at radius 2 is 2.10 bits per heavy atom. The lowest BCUT2D eigenvalue weighted by Crippen LogP contribution is -2.29. The number of ether oxygens (including phenoxy) is 1. The van der Waals surface area contributed by atoms with Crippen molar-refractivity contribution in [2.75, 3.05) is 11.5 Å². The maximum absolute atomic E-state index is 11.5. The van der Waals surface area contributed by atoms with Crippen molar-refractivity contribution in [2.24, 2.45) is 0 Å². The summed E-state index contributed by atoms with van der Waals surface area (Å²) >= 11 is 6.17. The largest absolute Gasteiger partial charge is 0.485 e. The van der Waals surface area contributed by atoms with E-state index in [0.717, 1.165) is 12.1 Å². The quantitative estimate of drug-likeness (QED) is 0.846. The Hall–Kier alpha value is -0.820. The average molecular weight is 332 g/mol. The van der Waals surface area contributed by atoms with Crippen LogP contribution in [0.2, 0.25) is 5.02 Å². The third-order valence-electron chi connectivity index (χ3n) is 3.72. The Kier molecular flexibility index (Phi) is 4.14. The van der Waals surface area contributed by atoms with Crippen molar-refractivity contribution in [1.29, 1.82) is 0 Å². The molecule has 3 rings (SSSR count). The van der Waals surface area contributed by atoms with Crippen molar-refractivity contribution in [2.45, 2.75) is 37.6 Å². The first-order valence-corrected chi connectivity index (χ1v) is 9.20. The SMILES string of the molecule is O=S1(=O)CC(O)C(Oc2ccc(CNC3CC3)cc2Cl)C1. The van der Waals surface area contributed by atoms with E-state index in [4.69, 9.17) is 16.3 Å². The van der Waals surface area contributed by atoms with Crippen LogP contribution < -0.4 is 10.1 Å². The highest BCUT2D eigenvalue weighted by atomic mass is 35.5. The van der Waals surface area contributed by atoms with Gasteiger partial charge in [0.2, 0.25) is 0 Å². The summed E-state index contributed by atoms with van der Waals surface area (Å²) in [7, 11) is -3.23. The first-order valence-electron chi connectivity index (χ1n) is 7.00. The molecule has 1 heterocycles. The number of hydrogen-bond donors (Lipinski definition) is 2. The number of hydrogen-bond acceptors (Lipinski definition) is 5. The van der Waals surface area contributed by atoms with Crippen LogP contribution >= 0.6 is 11.6 Å². The van der Waals surface area contributed by atoms with Crippen LogP contribution in [0.25, 0.3) is 0 Å². The van der Waals surface area contributed by atoms with Crippen LogP contribution in [0.4, 0.5) is 0 Å². The highest BCUT2D eigenvalue weighted by molar-refractivity contribution is 7.91. The number of aliphatic hydroxyl groups is 1. The van der Waals surface area contributed by atoms with E-state index in [1.165, 1.54) is 12.8 Å². The molecule has 1 aromatic carbocycles. The molecule has 1 saturated carbocycles. The van der Waals surface area contributed by atoms with E-state index < -0.39 is 22.0 Å². The first-order chi connectivity index (χ1) is 9.93. The van der Waals surface area contributed by atoms with Crippen LogP contribution in [0.15, 0.2) is 18.2 Å². The lowest BCUT2D eigenvalue weighted by molar-refractivity contribution is 0.0738. The summed E-state index contributed by atoms with van der Waals surface area (Å²) < 4.78 is 28.5. The summed E-state index contributed by atoms with van der Waals surface area (Å²) in [5.74, 6) is -0.0123. The fourth-order valence-electron chi connectivity index (χ4n) is 2.37. The number of sulfone groups is 1. The van der Waals surface area contributed by atoms with Crippen molar-refractivity contribution < 1.29 is 18.3 Å². The van der Waals surface area contributed by atoms with Gasteiger partial charge >= 0.3 is 0 Å². The van der Waals surface area contributed by atoms with Gasteiger partial charge in [0.25, 0.3) is 0 Å². The molecule has 2 unspecified atom stereocenters. The minimum atomic E-state index is -3.23. The van der Waals surface area contributed by atoms with Gasteiger partial charge in [0, 0.05) is 12.6 Å². The zero-order valence-corrected chi connectivity index (χ0v) is 13.0. The van der Waals surface area contributed by atoms with Gasteiger partial charge in [0.15, 0.2) is 9.84 Å². The van der Waals surface area contributed by atoms with Gasteiger partial charge in [0.1, 0.15) is 18.0 Å². The van der Waals surface area contributed by atoms with Crippen molar-refractivity contribution in [3.63, 3.8) is 0 Å². The van der Waals surface area contributed by atoms with E-state index >= 15 is 0 Å². The zero-order valence-electron chi connectivity index (χ0n) is 11.5. The highest BCUT2D eigenvalue weighted by Gasteiger charge is 2.38. The molecule has 0 spiro atoms. The molecule has 7 heteroatoms. The molecule has 2 N–H and O–H groups in total. The standard InChI is InChI=1S/C14H18ClNO4S/c15-11-5-9(6-16-10-2-3-10)1-4-13(11)20-14-8-21(18,19)7-12(14)17/h1,4-5,10,12,14,16-17H,2-3,6-8H2. The maximum Gasteiger partial charge on any atom is 0.156 e. The molecule has 5 nitrogen and oxygen atoms in total. The summed E-state index contributed by atoms with van der Waals surface area (Å²) in [4.78, 5) is 0. The lowest BCUT2D eigenvalue weighted by atomic mass is 10.2. The van der Waals surface area contributed by atoms with Crippen LogP contribution in [-0.4, -0.2) is 43.3 Å². The lowest BCUT2D eigenvalue weighted by Gasteiger charge is -2.17. The summed E-state index contributed by atoms with van der Waals surface area (Å²) in [5, 5.41) is 13.6. The van der Waals surface area contributed by atoms with Crippen molar-refractivity contribution >= 4 is 21.4 Å². The Labute approximate surface area is 129 Å². The first kappa shape index (κ1) is 15.1.